The molecule has 0 aliphatic rings. The molecule has 0 amide bonds. The molecule has 17 heavy (non-hydrogen) atoms. The number of aryl methyl sites for hydroxylation is 2. The normalized spacial score (nSPS) is 10.6. The van der Waals surface area contributed by atoms with Gasteiger partial charge >= 0.3 is 0 Å². The van der Waals surface area contributed by atoms with E-state index >= 15 is 0 Å². The molecule has 0 aliphatic carbocycles. The van der Waals surface area contributed by atoms with Crippen LogP contribution < -0.4 is 0 Å². The molecule has 0 aromatic heterocycles. The van der Waals surface area contributed by atoms with Crippen LogP contribution in [-0.4, -0.2) is 0 Å². The molecular formula is C14H12Br2S. The lowest BCUT2D eigenvalue weighted by Gasteiger charge is -2.08. The molecule has 2 aromatic carbocycles. The van der Waals surface area contributed by atoms with Crippen LogP contribution in [0.4, 0.5) is 0 Å². The molecule has 0 bridgehead atoms. The zero-order valence-electron chi connectivity index (χ0n) is 9.63. The van der Waals surface area contributed by atoms with E-state index in [-0.39, 0.29) is 0 Å². The van der Waals surface area contributed by atoms with Gasteiger partial charge in [-0.05, 0) is 59.6 Å². The summed E-state index contributed by atoms with van der Waals surface area (Å²) in [6.45, 7) is 4.28. The van der Waals surface area contributed by atoms with Gasteiger partial charge in [0.25, 0.3) is 0 Å². The average Bonchev–Trinajstić information content (AvgIpc) is 2.25. The van der Waals surface area contributed by atoms with Gasteiger partial charge in [0.05, 0.1) is 0 Å². The van der Waals surface area contributed by atoms with E-state index in [1.165, 1.54) is 20.9 Å². The van der Waals surface area contributed by atoms with Gasteiger partial charge in [-0.1, -0.05) is 45.4 Å². The van der Waals surface area contributed by atoms with Gasteiger partial charge in [-0.3, -0.25) is 0 Å². The van der Waals surface area contributed by atoms with Gasteiger partial charge in [-0.25, -0.2) is 0 Å². The van der Waals surface area contributed by atoms with E-state index in [1.54, 1.807) is 11.8 Å². The standard InChI is InChI=1S/C14H12Br2S/c1-9-3-5-13(10(2)7-9)17-14-6-4-11(15)8-12(14)16/h3-8H,1-2H3. The number of hydrogen-bond donors (Lipinski definition) is 0. The van der Waals surface area contributed by atoms with Gasteiger partial charge in [0.1, 0.15) is 0 Å². The number of hydrogen-bond acceptors (Lipinski definition) is 1. The first kappa shape index (κ1) is 13.2. The Morgan fingerprint density at radius 2 is 1.59 bits per heavy atom. The largest absolute Gasteiger partial charge is 0.0886 e. The van der Waals surface area contributed by atoms with E-state index in [4.69, 9.17) is 0 Å². The highest BCUT2D eigenvalue weighted by Gasteiger charge is 2.05. The van der Waals surface area contributed by atoms with Crippen molar-refractivity contribution in [3.05, 3.63) is 56.5 Å². The predicted octanol–water partition coefficient (Wildman–Crippen LogP) is 5.98. The van der Waals surface area contributed by atoms with E-state index in [9.17, 15) is 0 Å². The molecular weight excluding hydrogens is 360 g/mol. The molecule has 2 aromatic rings. The molecule has 0 heterocycles. The van der Waals surface area contributed by atoms with Gasteiger partial charge in [0, 0.05) is 18.7 Å². The maximum absolute atomic E-state index is 3.59. The number of benzene rings is 2. The fourth-order valence-corrected chi connectivity index (χ4v) is 3.77. The van der Waals surface area contributed by atoms with Crippen molar-refractivity contribution in [1.29, 1.82) is 0 Å². The Kier molecular flexibility index (Phi) is 4.34. The Morgan fingerprint density at radius 1 is 0.882 bits per heavy atom. The molecule has 0 fully saturated rings. The number of halogens is 2. The second-order valence-electron chi connectivity index (χ2n) is 3.95. The smallest absolute Gasteiger partial charge is 0.0326 e. The molecule has 0 radical (unpaired) electrons. The second-order valence-corrected chi connectivity index (χ2v) is 6.80. The third kappa shape index (κ3) is 3.36. The van der Waals surface area contributed by atoms with Crippen LogP contribution in [0.1, 0.15) is 11.1 Å². The van der Waals surface area contributed by atoms with Crippen LogP contribution in [0.5, 0.6) is 0 Å². The quantitative estimate of drug-likeness (QED) is 0.625. The number of rotatable bonds is 2. The summed E-state index contributed by atoms with van der Waals surface area (Å²) in [5.74, 6) is 0. The second kappa shape index (κ2) is 5.59. The maximum Gasteiger partial charge on any atom is 0.0326 e. The van der Waals surface area contributed by atoms with E-state index < -0.39 is 0 Å². The third-order valence-electron chi connectivity index (χ3n) is 2.44. The van der Waals surface area contributed by atoms with E-state index in [0.717, 1.165) is 8.95 Å². The summed E-state index contributed by atoms with van der Waals surface area (Å²) in [6.07, 6.45) is 0. The summed E-state index contributed by atoms with van der Waals surface area (Å²) in [7, 11) is 0. The summed E-state index contributed by atoms with van der Waals surface area (Å²) < 4.78 is 2.21. The Labute approximate surface area is 123 Å². The van der Waals surface area contributed by atoms with Crippen molar-refractivity contribution >= 4 is 43.6 Å². The first-order chi connectivity index (χ1) is 8.06. The first-order valence-electron chi connectivity index (χ1n) is 5.26. The third-order valence-corrected chi connectivity index (χ3v) is 5.11. The molecule has 2 rings (SSSR count). The predicted molar refractivity (Wildman–Crippen MR) is 81.9 cm³/mol. The average molecular weight is 372 g/mol. The van der Waals surface area contributed by atoms with Crippen LogP contribution in [0.15, 0.2) is 55.1 Å². The van der Waals surface area contributed by atoms with Crippen molar-refractivity contribution in [3.8, 4) is 0 Å². The van der Waals surface area contributed by atoms with Gasteiger partial charge in [0.2, 0.25) is 0 Å². The zero-order chi connectivity index (χ0) is 12.4. The molecule has 0 aliphatic heterocycles. The van der Waals surface area contributed by atoms with Crippen molar-refractivity contribution in [2.24, 2.45) is 0 Å². The molecule has 0 N–H and O–H groups in total. The Morgan fingerprint density at radius 3 is 2.24 bits per heavy atom. The topological polar surface area (TPSA) is 0 Å². The molecule has 0 spiro atoms. The molecule has 0 nitrogen and oxygen atoms in total. The minimum Gasteiger partial charge on any atom is -0.0886 e. The fourth-order valence-electron chi connectivity index (χ4n) is 1.59. The van der Waals surface area contributed by atoms with E-state index in [0.29, 0.717) is 0 Å². The van der Waals surface area contributed by atoms with Crippen molar-refractivity contribution in [1.82, 2.24) is 0 Å². The highest BCUT2D eigenvalue weighted by atomic mass is 79.9. The van der Waals surface area contributed by atoms with Gasteiger partial charge < -0.3 is 0 Å². The minimum atomic E-state index is 1.09. The Hall–Kier alpha value is -0.250. The van der Waals surface area contributed by atoms with Crippen LogP contribution in [0.2, 0.25) is 0 Å². The first-order valence-corrected chi connectivity index (χ1v) is 7.66. The summed E-state index contributed by atoms with van der Waals surface area (Å²) in [6, 6.07) is 12.8. The Balaban J connectivity index is 2.31. The van der Waals surface area contributed by atoms with Crippen LogP contribution in [0, 0.1) is 13.8 Å². The highest BCUT2D eigenvalue weighted by Crippen LogP contribution is 2.36. The van der Waals surface area contributed by atoms with Crippen LogP contribution in [0.3, 0.4) is 0 Å². The van der Waals surface area contributed by atoms with Gasteiger partial charge in [-0.2, -0.15) is 0 Å². The van der Waals surface area contributed by atoms with Crippen molar-refractivity contribution in [2.75, 3.05) is 0 Å². The summed E-state index contributed by atoms with van der Waals surface area (Å²) in [4.78, 5) is 2.54. The molecule has 0 atom stereocenters. The van der Waals surface area contributed by atoms with Crippen LogP contribution >= 0.6 is 43.6 Å². The lowest BCUT2D eigenvalue weighted by molar-refractivity contribution is 1.25. The van der Waals surface area contributed by atoms with E-state index in [2.05, 4.69) is 82.1 Å². The molecule has 0 saturated carbocycles. The van der Waals surface area contributed by atoms with Crippen molar-refractivity contribution < 1.29 is 0 Å². The van der Waals surface area contributed by atoms with Crippen LogP contribution in [-0.2, 0) is 0 Å². The SMILES string of the molecule is Cc1ccc(Sc2ccc(Br)cc2Br)c(C)c1. The van der Waals surface area contributed by atoms with Gasteiger partial charge in [-0.15, -0.1) is 0 Å². The highest BCUT2D eigenvalue weighted by molar-refractivity contribution is 9.11. The fraction of sp³-hybridized carbons (Fsp3) is 0.143. The zero-order valence-corrected chi connectivity index (χ0v) is 13.6. The lowest BCUT2D eigenvalue weighted by atomic mass is 10.2. The Bertz CT molecular complexity index is 500. The van der Waals surface area contributed by atoms with Crippen molar-refractivity contribution in [3.63, 3.8) is 0 Å². The molecule has 3 heteroatoms. The maximum atomic E-state index is 3.59. The summed E-state index contributed by atoms with van der Waals surface area (Å²) >= 11 is 8.85. The van der Waals surface area contributed by atoms with E-state index in [1.807, 2.05) is 0 Å². The lowest BCUT2D eigenvalue weighted by Crippen LogP contribution is -1.82. The van der Waals surface area contributed by atoms with Crippen LogP contribution in [0.25, 0.3) is 0 Å². The molecule has 88 valence electrons. The monoisotopic (exact) mass is 370 g/mol. The molecule has 0 unspecified atom stereocenters. The summed E-state index contributed by atoms with van der Waals surface area (Å²) in [5, 5.41) is 0. The van der Waals surface area contributed by atoms with Crippen molar-refractivity contribution in [2.45, 2.75) is 23.6 Å². The summed E-state index contributed by atoms with van der Waals surface area (Å²) in [5.41, 5.74) is 2.63. The minimum absolute atomic E-state index is 1.09. The molecule has 0 saturated heterocycles. The van der Waals surface area contributed by atoms with Gasteiger partial charge in [0.15, 0.2) is 0 Å².